The summed E-state index contributed by atoms with van der Waals surface area (Å²) in [5.74, 6) is 0.220. The molecule has 1 atom stereocenters. The van der Waals surface area contributed by atoms with Crippen LogP contribution in [0.4, 0.5) is 11.4 Å². The average Bonchev–Trinajstić information content (AvgIpc) is 3.07. The number of hydrogen-bond acceptors (Lipinski definition) is 4. The molecule has 1 unspecified atom stereocenters. The van der Waals surface area contributed by atoms with E-state index in [0.717, 1.165) is 11.4 Å². The predicted octanol–water partition coefficient (Wildman–Crippen LogP) is 3.68. The standard InChI is InChI=1S/C18H15ClN4O2/c1-2-25-16-17-21-20-11-22(17)14-9-8-12(19)10-15(14)23(18(16)24)13-6-4-3-5-7-13/h3-11,16H,2H2,1H3. The number of carbonyl (C=O) groups is 1. The largest absolute Gasteiger partial charge is 0.361 e. The fraction of sp³-hybridized carbons (Fsp3) is 0.167. The number of nitrogens with zero attached hydrogens (tertiary/aromatic N) is 4. The Bertz CT molecular complexity index is 926. The second-order valence-corrected chi connectivity index (χ2v) is 5.97. The van der Waals surface area contributed by atoms with Gasteiger partial charge in [0.1, 0.15) is 6.33 Å². The van der Waals surface area contributed by atoms with Gasteiger partial charge in [-0.1, -0.05) is 29.8 Å². The quantitative estimate of drug-likeness (QED) is 0.720. The first-order chi connectivity index (χ1) is 12.2. The van der Waals surface area contributed by atoms with Crippen LogP contribution in [0.1, 0.15) is 18.9 Å². The number of rotatable bonds is 3. The summed E-state index contributed by atoms with van der Waals surface area (Å²) in [7, 11) is 0. The van der Waals surface area contributed by atoms with Gasteiger partial charge in [0, 0.05) is 17.3 Å². The highest BCUT2D eigenvalue weighted by Gasteiger charge is 2.37. The number of hydrogen-bond donors (Lipinski definition) is 0. The smallest absolute Gasteiger partial charge is 0.268 e. The SMILES string of the molecule is CCOC1C(=O)N(c2ccccc2)c2cc(Cl)ccc2-n2cnnc21. The second-order valence-electron chi connectivity index (χ2n) is 5.54. The topological polar surface area (TPSA) is 60.2 Å². The van der Waals surface area contributed by atoms with Gasteiger partial charge in [0.2, 0.25) is 0 Å². The second kappa shape index (κ2) is 6.31. The molecule has 6 nitrogen and oxygen atoms in total. The van der Waals surface area contributed by atoms with Crippen molar-refractivity contribution in [1.29, 1.82) is 0 Å². The number of ether oxygens (including phenoxy) is 1. The fourth-order valence-electron chi connectivity index (χ4n) is 2.99. The van der Waals surface area contributed by atoms with Crippen LogP contribution in [-0.4, -0.2) is 27.3 Å². The van der Waals surface area contributed by atoms with E-state index in [9.17, 15) is 4.79 Å². The third kappa shape index (κ3) is 2.59. The molecule has 0 radical (unpaired) electrons. The third-order valence-corrected chi connectivity index (χ3v) is 4.27. The third-order valence-electron chi connectivity index (χ3n) is 4.04. The summed E-state index contributed by atoms with van der Waals surface area (Å²) < 4.78 is 7.50. The van der Waals surface area contributed by atoms with Crippen molar-refractivity contribution in [3.63, 3.8) is 0 Å². The van der Waals surface area contributed by atoms with Gasteiger partial charge in [0.15, 0.2) is 11.9 Å². The Hall–Kier alpha value is -2.70. The van der Waals surface area contributed by atoms with Crippen molar-refractivity contribution in [3.05, 3.63) is 65.7 Å². The molecule has 0 spiro atoms. The minimum atomic E-state index is -0.848. The summed E-state index contributed by atoms with van der Waals surface area (Å²) >= 11 is 6.22. The Morgan fingerprint density at radius 3 is 2.72 bits per heavy atom. The zero-order chi connectivity index (χ0) is 17.4. The highest BCUT2D eigenvalue weighted by Crippen LogP contribution is 2.39. The number of aromatic nitrogens is 3. The van der Waals surface area contributed by atoms with Gasteiger partial charge >= 0.3 is 0 Å². The van der Waals surface area contributed by atoms with Gasteiger partial charge in [-0.2, -0.15) is 0 Å². The van der Waals surface area contributed by atoms with Gasteiger partial charge in [-0.15, -0.1) is 10.2 Å². The van der Waals surface area contributed by atoms with Crippen molar-refractivity contribution < 1.29 is 9.53 Å². The zero-order valence-corrected chi connectivity index (χ0v) is 14.2. The lowest BCUT2D eigenvalue weighted by Crippen LogP contribution is -2.32. The van der Waals surface area contributed by atoms with Crippen molar-refractivity contribution in [2.45, 2.75) is 13.0 Å². The number of halogens is 1. The van der Waals surface area contributed by atoms with Crippen molar-refractivity contribution in [2.75, 3.05) is 11.5 Å². The van der Waals surface area contributed by atoms with Crippen LogP contribution in [0.3, 0.4) is 0 Å². The van der Waals surface area contributed by atoms with E-state index < -0.39 is 6.10 Å². The van der Waals surface area contributed by atoms with Gasteiger partial charge in [-0.25, -0.2) is 0 Å². The van der Waals surface area contributed by atoms with E-state index >= 15 is 0 Å². The van der Waals surface area contributed by atoms with E-state index in [2.05, 4.69) is 10.2 Å². The van der Waals surface area contributed by atoms with Gasteiger partial charge in [-0.3, -0.25) is 14.3 Å². The number of carbonyl (C=O) groups excluding carboxylic acids is 1. The van der Waals surface area contributed by atoms with Crippen LogP contribution >= 0.6 is 11.6 Å². The molecule has 1 amide bonds. The lowest BCUT2D eigenvalue weighted by molar-refractivity contribution is -0.129. The fourth-order valence-corrected chi connectivity index (χ4v) is 3.16. The Kier molecular flexibility index (Phi) is 3.99. The lowest BCUT2D eigenvalue weighted by atomic mass is 10.2. The highest BCUT2D eigenvalue weighted by atomic mass is 35.5. The summed E-state index contributed by atoms with van der Waals surface area (Å²) in [6.07, 6.45) is 0.731. The molecule has 126 valence electrons. The van der Waals surface area contributed by atoms with Crippen molar-refractivity contribution in [2.24, 2.45) is 0 Å². The lowest BCUT2D eigenvalue weighted by Gasteiger charge is -2.25. The molecule has 7 heteroatoms. The Balaban J connectivity index is 2.00. The number of amides is 1. The minimum Gasteiger partial charge on any atom is -0.361 e. The summed E-state index contributed by atoms with van der Waals surface area (Å²) in [6, 6.07) is 14.8. The number of benzene rings is 2. The summed E-state index contributed by atoms with van der Waals surface area (Å²) in [5.41, 5.74) is 2.16. The molecule has 3 aromatic rings. The van der Waals surface area contributed by atoms with Crippen LogP contribution in [0, 0.1) is 0 Å². The molecular weight excluding hydrogens is 340 g/mol. The first-order valence-corrected chi connectivity index (χ1v) is 8.29. The minimum absolute atomic E-state index is 0.233. The van der Waals surface area contributed by atoms with Crippen molar-refractivity contribution >= 4 is 28.9 Å². The summed E-state index contributed by atoms with van der Waals surface area (Å²) in [6.45, 7) is 2.22. The first kappa shape index (κ1) is 15.8. The molecule has 0 aliphatic carbocycles. The monoisotopic (exact) mass is 354 g/mol. The average molecular weight is 355 g/mol. The number of anilines is 2. The maximum absolute atomic E-state index is 13.3. The van der Waals surface area contributed by atoms with E-state index in [1.165, 1.54) is 0 Å². The van der Waals surface area contributed by atoms with E-state index in [-0.39, 0.29) is 5.91 Å². The molecule has 1 aromatic heterocycles. The molecule has 2 heterocycles. The molecule has 0 N–H and O–H groups in total. The molecule has 0 saturated carbocycles. The highest BCUT2D eigenvalue weighted by molar-refractivity contribution is 6.31. The molecule has 0 bridgehead atoms. The van der Waals surface area contributed by atoms with Gasteiger partial charge in [0.05, 0.1) is 11.4 Å². The molecule has 1 aliphatic rings. The van der Waals surface area contributed by atoms with E-state index in [1.54, 1.807) is 27.9 Å². The Morgan fingerprint density at radius 2 is 1.96 bits per heavy atom. The molecule has 1 aliphatic heterocycles. The van der Waals surface area contributed by atoms with Crippen LogP contribution in [0.5, 0.6) is 0 Å². The Morgan fingerprint density at radius 1 is 1.16 bits per heavy atom. The van der Waals surface area contributed by atoms with Crippen molar-refractivity contribution in [1.82, 2.24) is 14.8 Å². The molecule has 25 heavy (non-hydrogen) atoms. The first-order valence-electron chi connectivity index (χ1n) is 7.91. The maximum Gasteiger partial charge on any atom is 0.268 e. The van der Waals surface area contributed by atoms with Crippen LogP contribution in [-0.2, 0) is 9.53 Å². The van der Waals surface area contributed by atoms with Gasteiger partial charge in [0.25, 0.3) is 5.91 Å². The Labute approximate surface area is 149 Å². The number of fused-ring (bicyclic) bond motifs is 3. The maximum atomic E-state index is 13.3. The molecule has 4 rings (SSSR count). The normalized spacial score (nSPS) is 16.3. The number of para-hydroxylation sites is 1. The zero-order valence-electron chi connectivity index (χ0n) is 13.5. The predicted molar refractivity (Wildman–Crippen MR) is 94.3 cm³/mol. The van der Waals surface area contributed by atoms with Crippen LogP contribution in [0.25, 0.3) is 5.69 Å². The van der Waals surface area contributed by atoms with Crippen LogP contribution < -0.4 is 4.90 Å². The van der Waals surface area contributed by atoms with Crippen LogP contribution in [0.15, 0.2) is 54.9 Å². The van der Waals surface area contributed by atoms with E-state index in [4.69, 9.17) is 16.3 Å². The van der Waals surface area contributed by atoms with Crippen molar-refractivity contribution in [3.8, 4) is 5.69 Å². The molecule has 0 saturated heterocycles. The van der Waals surface area contributed by atoms with E-state index in [0.29, 0.717) is 23.1 Å². The molecule has 0 fully saturated rings. The van der Waals surface area contributed by atoms with Gasteiger partial charge in [-0.05, 0) is 37.3 Å². The summed E-state index contributed by atoms with van der Waals surface area (Å²) in [5, 5.41) is 8.62. The van der Waals surface area contributed by atoms with Crippen LogP contribution in [0.2, 0.25) is 5.02 Å². The van der Waals surface area contributed by atoms with E-state index in [1.807, 2.05) is 43.3 Å². The molecular formula is C18H15ClN4O2. The summed E-state index contributed by atoms with van der Waals surface area (Å²) in [4.78, 5) is 15.0. The molecule has 2 aromatic carbocycles. The van der Waals surface area contributed by atoms with Gasteiger partial charge < -0.3 is 4.74 Å².